The van der Waals surface area contributed by atoms with Crippen LogP contribution in [-0.2, 0) is 4.79 Å². The van der Waals surface area contributed by atoms with E-state index in [1.807, 2.05) is 50.2 Å². The summed E-state index contributed by atoms with van der Waals surface area (Å²) in [5, 5.41) is 12.6. The SMILES string of the molecule is CCOc1cc(/C=C(/C#N)C(=O)N[C@@H](C)c2ccccc2)c(Cl)cc1OC. The predicted octanol–water partition coefficient (Wildman–Crippen LogP) is 4.53. The van der Waals surface area contributed by atoms with Crippen molar-refractivity contribution in [3.63, 3.8) is 0 Å². The third-order valence-electron chi connectivity index (χ3n) is 3.89. The third-order valence-corrected chi connectivity index (χ3v) is 4.22. The molecule has 5 nitrogen and oxygen atoms in total. The van der Waals surface area contributed by atoms with Crippen molar-refractivity contribution in [3.8, 4) is 17.6 Å². The standard InChI is InChI=1S/C21H21ClN2O3/c1-4-27-20-11-16(18(22)12-19(20)26-3)10-17(13-23)21(25)24-14(2)15-8-6-5-7-9-15/h5-12,14H,4H2,1-3H3,(H,24,25)/b17-10-/t14-/m0/s1. The summed E-state index contributed by atoms with van der Waals surface area (Å²) < 4.78 is 10.8. The predicted molar refractivity (Wildman–Crippen MR) is 106 cm³/mol. The van der Waals surface area contributed by atoms with Crippen LogP contribution in [-0.4, -0.2) is 19.6 Å². The maximum Gasteiger partial charge on any atom is 0.262 e. The van der Waals surface area contributed by atoms with Gasteiger partial charge in [0, 0.05) is 6.07 Å². The van der Waals surface area contributed by atoms with Crippen LogP contribution in [0.15, 0.2) is 48.0 Å². The minimum atomic E-state index is -0.473. The molecule has 0 bridgehead atoms. The Kier molecular flexibility index (Phi) is 7.27. The van der Waals surface area contributed by atoms with Gasteiger partial charge in [0.15, 0.2) is 11.5 Å². The van der Waals surface area contributed by atoms with E-state index in [1.165, 1.54) is 13.2 Å². The number of rotatable bonds is 7. The highest BCUT2D eigenvalue weighted by atomic mass is 35.5. The molecule has 0 fully saturated rings. The quantitative estimate of drug-likeness (QED) is 0.562. The number of ether oxygens (including phenoxy) is 2. The van der Waals surface area contributed by atoms with Crippen LogP contribution in [0.5, 0.6) is 11.5 Å². The lowest BCUT2D eigenvalue weighted by Gasteiger charge is -2.14. The molecule has 0 aliphatic rings. The van der Waals surface area contributed by atoms with Crippen LogP contribution in [0.25, 0.3) is 6.08 Å². The lowest BCUT2D eigenvalue weighted by molar-refractivity contribution is -0.117. The minimum Gasteiger partial charge on any atom is -0.493 e. The molecule has 0 radical (unpaired) electrons. The summed E-state index contributed by atoms with van der Waals surface area (Å²) in [5.74, 6) is 0.504. The zero-order valence-electron chi connectivity index (χ0n) is 15.5. The molecule has 2 rings (SSSR count). The molecule has 1 atom stereocenters. The van der Waals surface area contributed by atoms with Gasteiger partial charge in [-0.3, -0.25) is 4.79 Å². The summed E-state index contributed by atoms with van der Waals surface area (Å²) in [6.45, 7) is 4.15. The van der Waals surface area contributed by atoms with E-state index in [9.17, 15) is 10.1 Å². The van der Waals surface area contributed by atoms with Crippen LogP contribution in [0.3, 0.4) is 0 Å². The zero-order chi connectivity index (χ0) is 19.8. The molecule has 0 aliphatic carbocycles. The Morgan fingerprint density at radius 3 is 2.59 bits per heavy atom. The van der Waals surface area contributed by atoms with Gasteiger partial charge in [0.2, 0.25) is 0 Å². The zero-order valence-corrected chi connectivity index (χ0v) is 16.2. The van der Waals surface area contributed by atoms with Crippen molar-refractivity contribution in [1.29, 1.82) is 5.26 Å². The van der Waals surface area contributed by atoms with Crippen LogP contribution < -0.4 is 14.8 Å². The van der Waals surface area contributed by atoms with Gasteiger partial charge in [-0.15, -0.1) is 0 Å². The van der Waals surface area contributed by atoms with Crippen LogP contribution in [0.1, 0.15) is 31.0 Å². The Hall–Kier alpha value is -2.97. The molecule has 0 saturated carbocycles. The molecule has 2 aromatic rings. The first-order valence-corrected chi connectivity index (χ1v) is 8.85. The van der Waals surface area contributed by atoms with Gasteiger partial charge in [-0.05, 0) is 37.1 Å². The molecular weight excluding hydrogens is 364 g/mol. The van der Waals surface area contributed by atoms with Crippen molar-refractivity contribution >= 4 is 23.6 Å². The Morgan fingerprint density at radius 1 is 1.30 bits per heavy atom. The molecule has 6 heteroatoms. The maximum absolute atomic E-state index is 12.5. The summed E-state index contributed by atoms with van der Waals surface area (Å²) >= 11 is 6.27. The van der Waals surface area contributed by atoms with Gasteiger partial charge in [0.1, 0.15) is 11.6 Å². The second-order valence-corrected chi connectivity index (χ2v) is 6.14. The van der Waals surface area contributed by atoms with Gasteiger partial charge in [-0.1, -0.05) is 41.9 Å². The highest BCUT2D eigenvalue weighted by molar-refractivity contribution is 6.32. The van der Waals surface area contributed by atoms with Crippen LogP contribution in [0, 0.1) is 11.3 Å². The number of carbonyl (C=O) groups excluding carboxylic acids is 1. The highest BCUT2D eigenvalue weighted by Crippen LogP contribution is 2.34. The minimum absolute atomic E-state index is 0.0488. The number of carbonyl (C=O) groups is 1. The summed E-state index contributed by atoms with van der Waals surface area (Å²) in [5.41, 5.74) is 1.40. The normalized spacial score (nSPS) is 12.0. The number of amides is 1. The van der Waals surface area contributed by atoms with E-state index in [-0.39, 0.29) is 11.6 Å². The van der Waals surface area contributed by atoms with Crippen molar-refractivity contribution in [2.75, 3.05) is 13.7 Å². The Bertz CT molecular complexity index is 873. The lowest BCUT2D eigenvalue weighted by atomic mass is 10.1. The first-order valence-electron chi connectivity index (χ1n) is 8.48. The molecule has 27 heavy (non-hydrogen) atoms. The van der Waals surface area contributed by atoms with Gasteiger partial charge >= 0.3 is 0 Å². The van der Waals surface area contributed by atoms with Gasteiger partial charge in [0.05, 0.1) is 24.8 Å². The number of halogens is 1. The number of hydrogen-bond donors (Lipinski definition) is 1. The number of nitriles is 1. The molecule has 1 amide bonds. The molecule has 0 aliphatic heterocycles. The Morgan fingerprint density at radius 2 is 2.00 bits per heavy atom. The van der Waals surface area contributed by atoms with Crippen molar-refractivity contribution in [2.24, 2.45) is 0 Å². The van der Waals surface area contributed by atoms with E-state index in [4.69, 9.17) is 21.1 Å². The van der Waals surface area contributed by atoms with Crippen molar-refractivity contribution in [1.82, 2.24) is 5.32 Å². The molecule has 0 spiro atoms. The molecule has 0 saturated heterocycles. The fourth-order valence-electron chi connectivity index (χ4n) is 2.49. The van der Waals surface area contributed by atoms with Crippen molar-refractivity contribution in [3.05, 3.63) is 64.2 Å². The molecular formula is C21H21ClN2O3. The van der Waals surface area contributed by atoms with Crippen LogP contribution in [0.4, 0.5) is 0 Å². The Labute approximate surface area is 164 Å². The largest absolute Gasteiger partial charge is 0.493 e. The van der Waals surface area contributed by atoms with E-state index >= 15 is 0 Å². The fraction of sp³-hybridized carbons (Fsp3) is 0.238. The molecule has 0 heterocycles. The van der Waals surface area contributed by atoms with Crippen LogP contribution >= 0.6 is 11.6 Å². The van der Waals surface area contributed by atoms with Crippen molar-refractivity contribution < 1.29 is 14.3 Å². The first kappa shape index (κ1) is 20.3. The average Bonchev–Trinajstić information content (AvgIpc) is 2.68. The number of nitrogens with zero attached hydrogens (tertiary/aromatic N) is 1. The second-order valence-electron chi connectivity index (χ2n) is 5.73. The van der Waals surface area contributed by atoms with Crippen LogP contribution in [0.2, 0.25) is 5.02 Å². The molecule has 0 aromatic heterocycles. The summed E-state index contributed by atoms with van der Waals surface area (Å²) in [6.07, 6.45) is 1.44. The monoisotopic (exact) mass is 384 g/mol. The highest BCUT2D eigenvalue weighted by Gasteiger charge is 2.16. The second kappa shape index (κ2) is 9.65. The van der Waals surface area contributed by atoms with Gasteiger partial charge in [-0.2, -0.15) is 5.26 Å². The average molecular weight is 385 g/mol. The topological polar surface area (TPSA) is 71.3 Å². The summed E-state index contributed by atoms with van der Waals surface area (Å²) in [6, 6.07) is 14.5. The van der Waals surface area contributed by atoms with E-state index in [0.29, 0.717) is 28.7 Å². The van der Waals surface area contributed by atoms with E-state index in [1.54, 1.807) is 12.1 Å². The Balaban J connectivity index is 2.28. The van der Waals surface area contributed by atoms with E-state index in [0.717, 1.165) is 5.56 Å². The number of nitrogens with one attached hydrogen (secondary N) is 1. The smallest absolute Gasteiger partial charge is 0.262 e. The van der Waals surface area contributed by atoms with E-state index < -0.39 is 5.91 Å². The number of benzene rings is 2. The van der Waals surface area contributed by atoms with E-state index in [2.05, 4.69) is 5.32 Å². The summed E-state index contributed by atoms with van der Waals surface area (Å²) in [4.78, 5) is 12.5. The molecule has 1 N–H and O–H groups in total. The molecule has 140 valence electrons. The van der Waals surface area contributed by atoms with Gasteiger partial charge in [0.25, 0.3) is 5.91 Å². The number of hydrogen-bond acceptors (Lipinski definition) is 4. The first-order chi connectivity index (χ1) is 13.0. The van der Waals surface area contributed by atoms with Gasteiger partial charge in [-0.25, -0.2) is 0 Å². The summed E-state index contributed by atoms with van der Waals surface area (Å²) in [7, 11) is 1.52. The van der Waals surface area contributed by atoms with Gasteiger partial charge < -0.3 is 14.8 Å². The van der Waals surface area contributed by atoms with Crippen molar-refractivity contribution in [2.45, 2.75) is 19.9 Å². The third kappa shape index (κ3) is 5.25. The maximum atomic E-state index is 12.5. The number of methoxy groups -OCH3 is 1. The molecule has 2 aromatic carbocycles. The lowest BCUT2D eigenvalue weighted by Crippen LogP contribution is -2.27. The molecule has 0 unspecified atom stereocenters. The fourth-order valence-corrected chi connectivity index (χ4v) is 2.70.